The SMILES string of the molecule is COc1ccc(CNc2cc(-c3ccccc3)nc(NCCC(C)C)n2)cc1. The van der Waals surface area contributed by atoms with Gasteiger partial charge in [-0.3, -0.25) is 0 Å². The van der Waals surface area contributed by atoms with E-state index in [-0.39, 0.29) is 0 Å². The van der Waals surface area contributed by atoms with Gasteiger partial charge in [-0.2, -0.15) is 4.98 Å². The zero-order valence-electron chi connectivity index (χ0n) is 16.8. The third kappa shape index (κ3) is 5.71. The second-order valence-electron chi connectivity index (χ2n) is 7.14. The van der Waals surface area contributed by atoms with Crippen LogP contribution in [-0.4, -0.2) is 23.6 Å². The van der Waals surface area contributed by atoms with Crippen LogP contribution in [-0.2, 0) is 6.54 Å². The number of benzene rings is 2. The summed E-state index contributed by atoms with van der Waals surface area (Å²) in [6.07, 6.45) is 1.08. The van der Waals surface area contributed by atoms with Crippen molar-refractivity contribution in [2.24, 2.45) is 5.92 Å². The molecule has 0 atom stereocenters. The normalized spacial score (nSPS) is 10.7. The molecule has 0 spiro atoms. The molecule has 0 bridgehead atoms. The van der Waals surface area contributed by atoms with E-state index in [1.54, 1.807) is 7.11 Å². The minimum atomic E-state index is 0.637. The van der Waals surface area contributed by atoms with Gasteiger partial charge >= 0.3 is 0 Å². The summed E-state index contributed by atoms with van der Waals surface area (Å²) in [6.45, 7) is 5.96. The number of aromatic nitrogens is 2. The van der Waals surface area contributed by atoms with E-state index in [0.29, 0.717) is 18.4 Å². The van der Waals surface area contributed by atoms with E-state index < -0.39 is 0 Å². The van der Waals surface area contributed by atoms with Crippen LogP contribution >= 0.6 is 0 Å². The van der Waals surface area contributed by atoms with Crippen molar-refractivity contribution in [1.82, 2.24) is 9.97 Å². The first kappa shape index (κ1) is 19.7. The van der Waals surface area contributed by atoms with Crippen LogP contribution in [0.5, 0.6) is 5.75 Å². The molecular weight excluding hydrogens is 348 g/mol. The summed E-state index contributed by atoms with van der Waals surface area (Å²) in [4.78, 5) is 9.35. The molecule has 3 aromatic rings. The second kappa shape index (κ2) is 9.74. The van der Waals surface area contributed by atoms with E-state index in [9.17, 15) is 0 Å². The maximum absolute atomic E-state index is 5.22. The highest BCUT2D eigenvalue weighted by molar-refractivity contribution is 5.64. The fourth-order valence-electron chi connectivity index (χ4n) is 2.78. The van der Waals surface area contributed by atoms with Gasteiger partial charge in [-0.1, -0.05) is 56.3 Å². The summed E-state index contributed by atoms with van der Waals surface area (Å²) in [5.74, 6) is 2.95. The number of hydrogen-bond donors (Lipinski definition) is 2. The zero-order valence-corrected chi connectivity index (χ0v) is 16.8. The molecule has 0 saturated heterocycles. The lowest BCUT2D eigenvalue weighted by molar-refractivity contribution is 0.414. The maximum atomic E-state index is 5.22. The van der Waals surface area contributed by atoms with Crippen LogP contribution in [0.3, 0.4) is 0 Å². The molecule has 0 saturated carbocycles. The minimum Gasteiger partial charge on any atom is -0.497 e. The first-order valence-electron chi connectivity index (χ1n) is 9.69. The molecule has 0 aliphatic carbocycles. The van der Waals surface area contributed by atoms with Crippen LogP contribution in [0.15, 0.2) is 60.7 Å². The highest BCUT2D eigenvalue weighted by Crippen LogP contribution is 2.22. The molecule has 0 unspecified atom stereocenters. The Morgan fingerprint density at radius 3 is 2.36 bits per heavy atom. The zero-order chi connectivity index (χ0) is 19.8. The first-order valence-corrected chi connectivity index (χ1v) is 9.69. The van der Waals surface area contributed by atoms with Crippen LogP contribution < -0.4 is 15.4 Å². The van der Waals surface area contributed by atoms with Gasteiger partial charge in [0.25, 0.3) is 0 Å². The number of nitrogens with one attached hydrogen (secondary N) is 2. The molecule has 0 radical (unpaired) electrons. The third-order valence-corrected chi connectivity index (χ3v) is 4.43. The van der Waals surface area contributed by atoms with Crippen LogP contribution in [0.4, 0.5) is 11.8 Å². The van der Waals surface area contributed by atoms with Crippen molar-refractivity contribution in [3.63, 3.8) is 0 Å². The standard InChI is InChI=1S/C23H28N4O/c1-17(2)13-14-24-23-26-21(19-7-5-4-6-8-19)15-22(27-23)25-16-18-9-11-20(28-3)12-10-18/h4-12,15,17H,13-14,16H2,1-3H3,(H2,24,25,26,27). The smallest absolute Gasteiger partial charge is 0.225 e. The predicted molar refractivity (Wildman–Crippen MR) is 116 cm³/mol. The average molecular weight is 377 g/mol. The van der Waals surface area contributed by atoms with E-state index in [2.05, 4.69) is 41.6 Å². The van der Waals surface area contributed by atoms with Crippen LogP contribution in [0.25, 0.3) is 11.3 Å². The monoisotopic (exact) mass is 376 g/mol. The molecule has 5 heteroatoms. The van der Waals surface area contributed by atoms with Crippen molar-refractivity contribution < 1.29 is 4.74 Å². The summed E-state index contributed by atoms with van der Waals surface area (Å²) >= 11 is 0. The third-order valence-electron chi connectivity index (χ3n) is 4.43. The molecule has 0 amide bonds. The van der Waals surface area contributed by atoms with E-state index in [1.807, 2.05) is 48.5 Å². The van der Waals surface area contributed by atoms with E-state index in [0.717, 1.165) is 41.4 Å². The Bertz CT molecular complexity index is 864. The van der Waals surface area contributed by atoms with Gasteiger partial charge in [-0.15, -0.1) is 0 Å². The number of rotatable bonds is 9. The van der Waals surface area contributed by atoms with Crippen molar-refractivity contribution in [1.29, 1.82) is 0 Å². The van der Waals surface area contributed by atoms with Gasteiger partial charge in [0, 0.05) is 24.7 Å². The first-order chi connectivity index (χ1) is 13.6. The maximum Gasteiger partial charge on any atom is 0.225 e. The van der Waals surface area contributed by atoms with Crippen LogP contribution in [0, 0.1) is 5.92 Å². The Kier molecular flexibility index (Phi) is 6.84. The molecule has 1 aromatic heterocycles. The van der Waals surface area contributed by atoms with Gasteiger partial charge in [0.1, 0.15) is 11.6 Å². The summed E-state index contributed by atoms with van der Waals surface area (Å²) in [6, 6.07) is 20.2. The highest BCUT2D eigenvalue weighted by Gasteiger charge is 2.07. The van der Waals surface area contributed by atoms with Gasteiger partial charge in [0.15, 0.2) is 0 Å². The quantitative estimate of drug-likeness (QED) is 0.536. The molecular formula is C23H28N4O. The molecule has 2 N–H and O–H groups in total. The number of anilines is 2. The molecule has 0 aliphatic rings. The fraction of sp³-hybridized carbons (Fsp3) is 0.304. The Hall–Kier alpha value is -3.08. The summed E-state index contributed by atoms with van der Waals surface area (Å²) in [5, 5.41) is 6.78. The molecule has 146 valence electrons. The van der Waals surface area contributed by atoms with Crippen LogP contribution in [0.1, 0.15) is 25.8 Å². The Morgan fingerprint density at radius 2 is 1.68 bits per heavy atom. The largest absolute Gasteiger partial charge is 0.497 e. The summed E-state index contributed by atoms with van der Waals surface area (Å²) in [5.41, 5.74) is 3.14. The number of methoxy groups -OCH3 is 1. The second-order valence-corrected chi connectivity index (χ2v) is 7.14. The van der Waals surface area contributed by atoms with Gasteiger partial charge in [-0.25, -0.2) is 4.98 Å². The van der Waals surface area contributed by atoms with Crippen molar-refractivity contribution in [2.45, 2.75) is 26.8 Å². The molecule has 28 heavy (non-hydrogen) atoms. The lowest BCUT2D eigenvalue weighted by Crippen LogP contribution is -2.10. The van der Waals surface area contributed by atoms with Gasteiger partial charge < -0.3 is 15.4 Å². The Morgan fingerprint density at radius 1 is 0.929 bits per heavy atom. The number of ether oxygens (including phenoxy) is 1. The lowest BCUT2D eigenvalue weighted by atomic mass is 10.1. The average Bonchev–Trinajstić information content (AvgIpc) is 2.73. The molecule has 3 rings (SSSR count). The van der Waals surface area contributed by atoms with Crippen molar-refractivity contribution in [3.05, 3.63) is 66.2 Å². The lowest BCUT2D eigenvalue weighted by Gasteiger charge is -2.12. The van der Waals surface area contributed by atoms with E-state index >= 15 is 0 Å². The Labute approximate surface area is 167 Å². The van der Waals surface area contributed by atoms with Crippen molar-refractivity contribution >= 4 is 11.8 Å². The molecule has 0 aliphatic heterocycles. The molecule has 0 fully saturated rings. The molecule has 5 nitrogen and oxygen atoms in total. The van der Waals surface area contributed by atoms with Crippen molar-refractivity contribution in [2.75, 3.05) is 24.3 Å². The topological polar surface area (TPSA) is 59.1 Å². The molecule has 2 aromatic carbocycles. The minimum absolute atomic E-state index is 0.637. The number of nitrogens with zero attached hydrogens (tertiary/aromatic N) is 2. The Balaban J connectivity index is 1.77. The summed E-state index contributed by atoms with van der Waals surface area (Å²) < 4.78 is 5.22. The molecule has 1 heterocycles. The van der Waals surface area contributed by atoms with Crippen molar-refractivity contribution in [3.8, 4) is 17.0 Å². The highest BCUT2D eigenvalue weighted by atomic mass is 16.5. The number of hydrogen-bond acceptors (Lipinski definition) is 5. The predicted octanol–water partition coefficient (Wildman–Crippen LogP) is 5.22. The van der Waals surface area contributed by atoms with Gasteiger partial charge in [0.2, 0.25) is 5.95 Å². The van der Waals surface area contributed by atoms with Gasteiger partial charge in [0.05, 0.1) is 12.8 Å². The van der Waals surface area contributed by atoms with Gasteiger partial charge in [-0.05, 0) is 30.0 Å². The van der Waals surface area contributed by atoms with Crippen LogP contribution in [0.2, 0.25) is 0 Å². The van der Waals surface area contributed by atoms with E-state index in [4.69, 9.17) is 9.72 Å². The summed E-state index contributed by atoms with van der Waals surface area (Å²) in [7, 11) is 1.67. The van der Waals surface area contributed by atoms with E-state index in [1.165, 1.54) is 0 Å². The fourth-order valence-corrected chi connectivity index (χ4v) is 2.78.